The van der Waals surface area contributed by atoms with Gasteiger partial charge in [0.2, 0.25) is 0 Å². The van der Waals surface area contributed by atoms with Crippen molar-refractivity contribution in [3.05, 3.63) is 29.3 Å². The molecule has 1 aromatic rings. The van der Waals surface area contributed by atoms with E-state index in [1.165, 1.54) is 6.42 Å². The van der Waals surface area contributed by atoms with Crippen LogP contribution in [0.4, 0.5) is 0 Å². The molecule has 1 atom stereocenters. The number of piperidine rings is 1. The summed E-state index contributed by atoms with van der Waals surface area (Å²) in [7, 11) is 0. The van der Waals surface area contributed by atoms with E-state index >= 15 is 0 Å². The predicted octanol–water partition coefficient (Wildman–Crippen LogP) is 2.96. The molecule has 1 heterocycles. The van der Waals surface area contributed by atoms with Crippen molar-refractivity contribution in [1.82, 2.24) is 4.90 Å². The van der Waals surface area contributed by atoms with Gasteiger partial charge in [-0.1, -0.05) is 25.0 Å². The lowest BCUT2D eigenvalue weighted by atomic mass is 9.95. The first-order chi connectivity index (χ1) is 8.61. The van der Waals surface area contributed by atoms with Crippen LogP contribution < -0.4 is 0 Å². The van der Waals surface area contributed by atoms with Crippen molar-refractivity contribution in [2.45, 2.75) is 33.1 Å². The number of phenols is 1. The van der Waals surface area contributed by atoms with Crippen LogP contribution in [0.15, 0.2) is 18.2 Å². The Kier molecular flexibility index (Phi) is 3.90. The number of aryl methyl sites for hydroxylation is 1. The standard InChI is InChI=1S/C15H21NO2/c1-3-12-5-4-8-16(10-12)15(18)13-9-11(2)6-7-14(13)17/h6-7,9,12,17H,3-5,8,10H2,1-2H3. The quantitative estimate of drug-likeness (QED) is 0.872. The van der Waals surface area contributed by atoms with Gasteiger partial charge in [0.15, 0.2) is 0 Å². The number of amides is 1. The van der Waals surface area contributed by atoms with Crippen molar-refractivity contribution in [3.63, 3.8) is 0 Å². The van der Waals surface area contributed by atoms with Crippen molar-refractivity contribution < 1.29 is 9.90 Å². The largest absolute Gasteiger partial charge is 0.507 e. The number of aromatic hydroxyl groups is 1. The normalized spacial score (nSPS) is 19.9. The summed E-state index contributed by atoms with van der Waals surface area (Å²) in [4.78, 5) is 14.3. The molecule has 1 fully saturated rings. The molecule has 1 aliphatic heterocycles. The van der Waals surface area contributed by atoms with Crippen LogP contribution in [0.2, 0.25) is 0 Å². The fraction of sp³-hybridized carbons (Fsp3) is 0.533. The molecule has 0 radical (unpaired) electrons. The zero-order valence-corrected chi connectivity index (χ0v) is 11.1. The lowest BCUT2D eigenvalue weighted by Gasteiger charge is -2.32. The summed E-state index contributed by atoms with van der Waals surface area (Å²) in [5.41, 5.74) is 1.44. The molecule has 3 heteroatoms. The third-order valence-corrected chi connectivity index (χ3v) is 3.77. The molecule has 18 heavy (non-hydrogen) atoms. The molecule has 0 saturated carbocycles. The highest BCUT2D eigenvalue weighted by Crippen LogP contribution is 2.24. The smallest absolute Gasteiger partial charge is 0.257 e. The van der Waals surface area contributed by atoms with Gasteiger partial charge in [-0.25, -0.2) is 0 Å². The van der Waals surface area contributed by atoms with E-state index in [0.29, 0.717) is 11.5 Å². The van der Waals surface area contributed by atoms with Crippen molar-refractivity contribution >= 4 is 5.91 Å². The Bertz CT molecular complexity index is 442. The van der Waals surface area contributed by atoms with Crippen LogP contribution in [0.5, 0.6) is 5.75 Å². The van der Waals surface area contributed by atoms with Crippen molar-refractivity contribution in [3.8, 4) is 5.75 Å². The highest BCUT2D eigenvalue weighted by molar-refractivity contribution is 5.97. The lowest BCUT2D eigenvalue weighted by molar-refractivity contribution is 0.0668. The minimum atomic E-state index is -0.0330. The van der Waals surface area contributed by atoms with Gasteiger partial charge in [0.1, 0.15) is 5.75 Å². The fourth-order valence-corrected chi connectivity index (χ4v) is 2.57. The first-order valence-electron chi connectivity index (χ1n) is 6.70. The summed E-state index contributed by atoms with van der Waals surface area (Å²) in [5.74, 6) is 0.660. The van der Waals surface area contributed by atoms with E-state index in [9.17, 15) is 9.90 Å². The number of hydrogen-bond acceptors (Lipinski definition) is 2. The Morgan fingerprint density at radius 2 is 2.28 bits per heavy atom. The number of rotatable bonds is 2. The summed E-state index contributed by atoms with van der Waals surface area (Å²) >= 11 is 0. The number of carbonyl (C=O) groups excluding carboxylic acids is 1. The molecule has 3 nitrogen and oxygen atoms in total. The molecule has 1 aliphatic rings. The Labute approximate surface area is 108 Å². The molecule has 1 unspecified atom stereocenters. The molecule has 0 bridgehead atoms. The number of hydrogen-bond donors (Lipinski definition) is 1. The number of carbonyl (C=O) groups is 1. The van der Waals surface area contributed by atoms with Crippen LogP contribution in [-0.2, 0) is 0 Å². The van der Waals surface area contributed by atoms with Gasteiger partial charge in [-0.05, 0) is 37.8 Å². The molecular weight excluding hydrogens is 226 g/mol. The third kappa shape index (κ3) is 2.66. The van der Waals surface area contributed by atoms with Gasteiger partial charge in [0.05, 0.1) is 5.56 Å². The molecule has 0 spiro atoms. The van der Waals surface area contributed by atoms with E-state index in [1.54, 1.807) is 12.1 Å². The zero-order chi connectivity index (χ0) is 13.1. The maximum atomic E-state index is 12.4. The van der Waals surface area contributed by atoms with Gasteiger partial charge in [-0.15, -0.1) is 0 Å². The molecule has 1 aromatic carbocycles. The monoisotopic (exact) mass is 247 g/mol. The predicted molar refractivity (Wildman–Crippen MR) is 71.8 cm³/mol. The van der Waals surface area contributed by atoms with E-state index in [-0.39, 0.29) is 11.7 Å². The highest BCUT2D eigenvalue weighted by atomic mass is 16.3. The first-order valence-corrected chi connectivity index (χ1v) is 6.70. The fourth-order valence-electron chi connectivity index (χ4n) is 2.57. The maximum Gasteiger partial charge on any atom is 0.257 e. The average molecular weight is 247 g/mol. The Morgan fingerprint density at radius 1 is 1.50 bits per heavy atom. The van der Waals surface area contributed by atoms with Gasteiger partial charge in [-0.2, -0.15) is 0 Å². The second-order valence-corrected chi connectivity index (χ2v) is 5.19. The van der Waals surface area contributed by atoms with E-state index in [0.717, 1.165) is 31.5 Å². The molecule has 0 aliphatic carbocycles. The van der Waals surface area contributed by atoms with Gasteiger partial charge < -0.3 is 10.0 Å². The SMILES string of the molecule is CCC1CCCN(C(=O)c2cc(C)ccc2O)C1. The van der Waals surface area contributed by atoms with E-state index in [4.69, 9.17) is 0 Å². The number of likely N-dealkylation sites (tertiary alicyclic amines) is 1. The van der Waals surface area contributed by atoms with Crippen molar-refractivity contribution in [2.75, 3.05) is 13.1 Å². The highest BCUT2D eigenvalue weighted by Gasteiger charge is 2.24. The summed E-state index contributed by atoms with van der Waals surface area (Å²) < 4.78 is 0. The van der Waals surface area contributed by atoms with E-state index < -0.39 is 0 Å². The average Bonchev–Trinajstić information content (AvgIpc) is 2.41. The molecule has 2 rings (SSSR count). The second kappa shape index (κ2) is 5.42. The maximum absolute atomic E-state index is 12.4. The van der Waals surface area contributed by atoms with Gasteiger partial charge in [-0.3, -0.25) is 4.79 Å². The van der Waals surface area contributed by atoms with Gasteiger partial charge in [0.25, 0.3) is 5.91 Å². The summed E-state index contributed by atoms with van der Waals surface area (Å²) in [5, 5.41) is 9.81. The van der Waals surface area contributed by atoms with E-state index in [1.807, 2.05) is 17.9 Å². The Balaban J connectivity index is 2.17. The van der Waals surface area contributed by atoms with Crippen molar-refractivity contribution in [1.29, 1.82) is 0 Å². The number of phenolic OH excluding ortho intramolecular Hbond substituents is 1. The molecule has 1 amide bonds. The topological polar surface area (TPSA) is 40.5 Å². The molecule has 1 N–H and O–H groups in total. The van der Waals surface area contributed by atoms with Gasteiger partial charge in [0, 0.05) is 13.1 Å². The second-order valence-electron chi connectivity index (χ2n) is 5.19. The summed E-state index contributed by atoms with van der Waals surface area (Å²) in [6.45, 7) is 5.73. The molecule has 1 saturated heterocycles. The third-order valence-electron chi connectivity index (χ3n) is 3.77. The first kappa shape index (κ1) is 12.9. The van der Waals surface area contributed by atoms with Crippen LogP contribution in [0.3, 0.4) is 0 Å². The van der Waals surface area contributed by atoms with E-state index in [2.05, 4.69) is 6.92 Å². The van der Waals surface area contributed by atoms with Crippen LogP contribution in [0, 0.1) is 12.8 Å². The van der Waals surface area contributed by atoms with Crippen LogP contribution >= 0.6 is 0 Å². The van der Waals surface area contributed by atoms with Crippen LogP contribution in [0.25, 0.3) is 0 Å². The van der Waals surface area contributed by atoms with Crippen LogP contribution in [-0.4, -0.2) is 29.0 Å². The zero-order valence-electron chi connectivity index (χ0n) is 11.1. The number of nitrogens with zero attached hydrogens (tertiary/aromatic N) is 1. The Hall–Kier alpha value is -1.51. The molecule has 0 aromatic heterocycles. The minimum Gasteiger partial charge on any atom is -0.507 e. The summed E-state index contributed by atoms with van der Waals surface area (Å²) in [6.07, 6.45) is 3.39. The van der Waals surface area contributed by atoms with Gasteiger partial charge >= 0.3 is 0 Å². The minimum absolute atomic E-state index is 0.0330. The van der Waals surface area contributed by atoms with Crippen molar-refractivity contribution in [2.24, 2.45) is 5.92 Å². The van der Waals surface area contributed by atoms with Crippen LogP contribution in [0.1, 0.15) is 42.1 Å². The lowest BCUT2D eigenvalue weighted by Crippen LogP contribution is -2.39. The Morgan fingerprint density at radius 3 is 3.00 bits per heavy atom. The number of benzene rings is 1. The molecular formula is C15H21NO2. The molecule has 98 valence electrons. The summed E-state index contributed by atoms with van der Waals surface area (Å²) in [6, 6.07) is 5.19.